The Morgan fingerprint density at radius 3 is 2.32 bits per heavy atom. The van der Waals surface area contributed by atoms with E-state index in [0.717, 1.165) is 6.04 Å². The molecule has 1 saturated heterocycles. The molecule has 8 N–H and O–H groups in total. The van der Waals surface area contributed by atoms with Crippen molar-refractivity contribution in [3.63, 3.8) is 0 Å². The summed E-state index contributed by atoms with van der Waals surface area (Å²) in [6, 6.07) is 8.93. The number of carboxylic acid groups (broad SMARTS) is 1. The van der Waals surface area contributed by atoms with Crippen molar-refractivity contribution in [2.24, 2.45) is 0 Å². The Bertz CT molecular complexity index is 902. The molecule has 1 aromatic carbocycles. The van der Waals surface area contributed by atoms with Crippen molar-refractivity contribution in [3.8, 4) is 0 Å². The second-order valence-electron chi connectivity index (χ2n) is 8.05. The first-order valence-electron chi connectivity index (χ1n) is 9.94. The fourth-order valence-electron chi connectivity index (χ4n) is 3.95. The van der Waals surface area contributed by atoms with Crippen LogP contribution in [0.1, 0.15) is 37.8 Å². The molecule has 31 heavy (non-hydrogen) atoms. The van der Waals surface area contributed by atoms with Crippen molar-refractivity contribution in [2.45, 2.75) is 65.7 Å². The summed E-state index contributed by atoms with van der Waals surface area (Å²) < 4.78 is 1.87. The third-order valence-corrected chi connectivity index (χ3v) is 6.98. The molecule has 0 bridgehead atoms. The maximum atomic E-state index is 11.4. The minimum absolute atomic E-state index is 0.170. The highest BCUT2D eigenvalue weighted by Crippen LogP contribution is 2.50. The number of hydrogen-bond donors (Lipinski definition) is 6. The van der Waals surface area contributed by atoms with Crippen LogP contribution < -0.4 is 10.8 Å². The number of carboxylic acids is 1. The van der Waals surface area contributed by atoms with Gasteiger partial charge in [0.2, 0.25) is 0 Å². The topological polar surface area (TPSA) is 174 Å². The summed E-state index contributed by atoms with van der Waals surface area (Å²) in [5.41, 5.74) is 1.66. The molecule has 172 valence electrons. The summed E-state index contributed by atoms with van der Waals surface area (Å²) in [4.78, 5) is 14.1. The number of quaternary nitrogens is 1. The van der Waals surface area contributed by atoms with Gasteiger partial charge in [0.15, 0.2) is 16.2 Å². The van der Waals surface area contributed by atoms with Crippen molar-refractivity contribution in [3.05, 3.63) is 36.0 Å². The predicted molar refractivity (Wildman–Crippen MR) is 113 cm³/mol. The molecule has 0 amide bonds. The SMILES string of the molecule is O=C([O-])[C@@]1(Br)O[C@](O)(Cl)[C@H](O)[C@](O)(c2cc3ccccc3[nH]2)[C@@H]1O.[NH3+]C1CCCCC1. The summed E-state index contributed by atoms with van der Waals surface area (Å²) in [5, 5.41) is 50.5. The minimum Gasteiger partial charge on any atom is -0.546 e. The number of nitrogens with one attached hydrogen (secondary N) is 1. The number of aromatic amines is 1. The molecular weight excluding hydrogens is 496 g/mol. The summed E-state index contributed by atoms with van der Waals surface area (Å²) in [5.74, 6) is -2.00. The Morgan fingerprint density at radius 2 is 1.81 bits per heavy atom. The summed E-state index contributed by atoms with van der Waals surface area (Å²) >= 11 is 8.21. The van der Waals surface area contributed by atoms with E-state index in [0.29, 0.717) is 10.9 Å². The smallest absolute Gasteiger partial charge is 0.278 e. The lowest BCUT2D eigenvalue weighted by Crippen LogP contribution is -2.74. The van der Waals surface area contributed by atoms with E-state index in [1.54, 1.807) is 24.3 Å². The van der Waals surface area contributed by atoms with E-state index in [-0.39, 0.29) is 5.69 Å². The first-order valence-corrected chi connectivity index (χ1v) is 11.1. The number of alkyl halides is 2. The molecule has 1 saturated carbocycles. The first-order chi connectivity index (χ1) is 14.4. The number of aliphatic hydroxyl groups is 4. The maximum absolute atomic E-state index is 11.4. The van der Waals surface area contributed by atoms with E-state index in [1.165, 1.54) is 38.2 Å². The average molecular weight is 522 g/mol. The summed E-state index contributed by atoms with van der Waals surface area (Å²) in [6.45, 7) is 0. The van der Waals surface area contributed by atoms with Crippen molar-refractivity contribution in [2.75, 3.05) is 0 Å². The van der Waals surface area contributed by atoms with Crippen LogP contribution in [0.4, 0.5) is 0 Å². The molecule has 1 aliphatic heterocycles. The highest BCUT2D eigenvalue weighted by molar-refractivity contribution is 9.10. The van der Waals surface area contributed by atoms with E-state index >= 15 is 0 Å². The van der Waals surface area contributed by atoms with Gasteiger partial charge in [0, 0.05) is 5.52 Å². The Balaban J connectivity index is 0.000000330. The van der Waals surface area contributed by atoms with Crippen LogP contribution in [0.5, 0.6) is 0 Å². The normalized spacial score (nSPS) is 36.6. The Kier molecular flexibility index (Phi) is 7.05. The number of aliphatic hydroxyl groups excluding tert-OH is 2. The molecule has 11 heteroatoms. The number of carbonyl (C=O) groups is 1. The van der Waals surface area contributed by atoms with Crippen LogP contribution in [-0.2, 0) is 15.1 Å². The highest BCUT2D eigenvalue weighted by Gasteiger charge is 2.68. The molecule has 2 aliphatic rings. The zero-order chi connectivity index (χ0) is 23.0. The zero-order valence-electron chi connectivity index (χ0n) is 16.6. The Morgan fingerprint density at radius 1 is 1.19 bits per heavy atom. The van der Waals surface area contributed by atoms with Crippen LogP contribution in [-0.4, -0.2) is 59.4 Å². The van der Waals surface area contributed by atoms with Gasteiger partial charge in [-0.25, -0.2) is 0 Å². The quantitative estimate of drug-likeness (QED) is 0.286. The van der Waals surface area contributed by atoms with Crippen LogP contribution in [0.2, 0.25) is 0 Å². The number of aliphatic carboxylic acids is 1. The number of halogens is 2. The number of fused-ring (bicyclic) bond motifs is 1. The van der Waals surface area contributed by atoms with Crippen molar-refractivity contribution in [1.82, 2.24) is 4.98 Å². The van der Waals surface area contributed by atoms with Gasteiger partial charge in [0.25, 0.3) is 5.25 Å². The van der Waals surface area contributed by atoms with Crippen molar-refractivity contribution in [1.29, 1.82) is 0 Å². The summed E-state index contributed by atoms with van der Waals surface area (Å²) in [6.07, 6.45) is 2.48. The maximum Gasteiger partial charge on any atom is 0.278 e. The molecule has 4 rings (SSSR count). The molecule has 2 aromatic rings. The standard InChI is InChI=1S/C14H13BrClNO7.C6H13N/c15-13(11(20)21)9(18)12(22,10(19)14(16,23)24-13)8-5-6-3-1-2-4-7(6)17-8;7-6-4-2-1-3-5-6/h1-5,9-10,17-19,22-23H,(H,20,21);6H,1-5,7H2/t9-,10+,12-,13-,14-;/m0./s1. The van der Waals surface area contributed by atoms with Crippen LogP contribution in [0.15, 0.2) is 30.3 Å². The number of para-hydroxylation sites is 1. The van der Waals surface area contributed by atoms with Gasteiger partial charge in [-0.3, -0.25) is 0 Å². The number of aromatic nitrogens is 1. The molecular formula is C20H26BrClN2O7. The third kappa shape index (κ3) is 4.49. The first kappa shape index (κ1) is 24.4. The largest absolute Gasteiger partial charge is 0.546 e. The van der Waals surface area contributed by atoms with Crippen LogP contribution >= 0.6 is 27.5 Å². The molecule has 0 spiro atoms. The van der Waals surface area contributed by atoms with E-state index < -0.39 is 33.5 Å². The highest BCUT2D eigenvalue weighted by atomic mass is 79.9. The lowest BCUT2D eigenvalue weighted by atomic mass is 9.81. The average Bonchev–Trinajstić information content (AvgIpc) is 3.16. The van der Waals surface area contributed by atoms with E-state index in [1.807, 2.05) is 0 Å². The number of benzene rings is 1. The predicted octanol–water partition coefficient (Wildman–Crippen LogP) is -0.606. The molecule has 1 aromatic heterocycles. The van der Waals surface area contributed by atoms with Gasteiger partial charge in [-0.15, -0.1) is 0 Å². The number of carbonyl (C=O) groups excluding carboxylic acids is 1. The second kappa shape index (κ2) is 8.95. The molecule has 0 unspecified atom stereocenters. The number of H-pyrrole nitrogens is 1. The number of ether oxygens (including phenoxy) is 1. The van der Waals surface area contributed by atoms with Crippen molar-refractivity contribution >= 4 is 44.4 Å². The van der Waals surface area contributed by atoms with Gasteiger partial charge in [-0.05, 0) is 59.1 Å². The summed E-state index contributed by atoms with van der Waals surface area (Å²) in [7, 11) is 0. The van der Waals surface area contributed by atoms with Crippen LogP contribution in [0.3, 0.4) is 0 Å². The van der Waals surface area contributed by atoms with Gasteiger partial charge in [0.1, 0.15) is 6.10 Å². The zero-order valence-corrected chi connectivity index (χ0v) is 19.0. The lowest BCUT2D eigenvalue weighted by Gasteiger charge is -2.53. The monoisotopic (exact) mass is 520 g/mol. The molecule has 9 nitrogen and oxygen atoms in total. The van der Waals surface area contributed by atoms with E-state index in [4.69, 9.17) is 11.6 Å². The van der Waals surface area contributed by atoms with Gasteiger partial charge >= 0.3 is 0 Å². The van der Waals surface area contributed by atoms with E-state index in [2.05, 4.69) is 31.4 Å². The Labute approximate surface area is 191 Å². The Hall–Kier alpha value is -1.24. The van der Waals surface area contributed by atoms with Gasteiger partial charge in [-0.1, -0.05) is 36.2 Å². The molecule has 5 atom stereocenters. The van der Waals surface area contributed by atoms with Gasteiger partial charge < -0.3 is 45.8 Å². The third-order valence-electron chi connectivity index (χ3n) is 5.78. The fourth-order valence-corrected chi connectivity index (χ4v) is 4.93. The molecule has 0 radical (unpaired) electrons. The fraction of sp³-hybridized carbons (Fsp3) is 0.550. The molecule has 2 heterocycles. The van der Waals surface area contributed by atoms with Crippen LogP contribution in [0, 0.1) is 0 Å². The van der Waals surface area contributed by atoms with Crippen molar-refractivity contribution < 1.29 is 40.8 Å². The minimum atomic E-state index is -3.02. The van der Waals surface area contributed by atoms with Crippen LogP contribution in [0.25, 0.3) is 10.9 Å². The molecule has 2 fully saturated rings. The van der Waals surface area contributed by atoms with Gasteiger partial charge in [0.05, 0.1) is 17.7 Å². The lowest BCUT2D eigenvalue weighted by molar-refractivity contribution is -0.425. The second-order valence-corrected chi connectivity index (χ2v) is 9.77. The van der Waals surface area contributed by atoms with E-state index in [9.17, 15) is 30.3 Å². The molecule has 1 aliphatic carbocycles. The van der Waals surface area contributed by atoms with Gasteiger partial charge in [-0.2, -0.15) is 0 Å². The number of hydrogen-bond acceptors (Lipinski definition) is 7. The number of rotatable bonds is 2.